The predicted octanol–water partition coefficient (Wildman–Crippen LogP) is 2.50. The number of fused-ring (bicyclic) bond motifs is 1. The number of aryl methyl sites for hydroxylation is 2. The average molecular weight is 427 g/mol. The van der Waals surface area contributed by atoms with Crippen molar-refractivity contribution in [1.82, 2.24) is 9.29 Å². The van der Waals surface area contributed by atoms with Gasteiger partial charge in [0, 0.05) is 43.7 Å². The van der Waals surface area contributed by atoms with Crippen LogP contribution in [0.5, 0.6) is 0 Å². The second-order valence-corrected chi connectivity index (χ2v) is 9.80. The SMILES string of the molecule is Cc1csc(N2CCN(S(=O)(=O)c3cc4c(cc3Cl)CCC(=O)N4)CC2)n1. The number of hydrogen-bond donors (Lipinski definition) is 1. The second kappa shape index (κ2) is 7.05. The van der Waals surface area contributed by atoms with Gasteiger partial charge in [-0.15, -0.1) is 11.3 Å². The standard InChI is InChI=1S/C17H19ClN4O3S2/c1-11-10-26-17(19-11)21-4-6-22(7-5-21)27(24,25)15-9-14-12(8-13(15)18)2-3-16(23)20-14/h8-10H,2-7H2,1H3,(H,20,23). The summed E-state index contributed by atoms with van der Waals surface area (Å²) in [5.74, 6) is -0.111. The quantitative estimate of drug-likeness (QED) is 0.815. The van der Waals surface area contributed by atoms with Gasteiger partial charge in [-0.3, -0.25) is 4.79 Å². The third-order valence-corrected chi connectivity index (χ3v) is 8.17. The van der Waals surface area contributed by atoms with Crippen molar-refractivity contribution in [3.05, 3.63) is 33.8 Å². The number of anilines is 2. The fraction of sp³-hybridized carbons (Fsp3) is 0.412. The fourth-order valence-corrected chi connectivity index (χ4v) is 6.15. The van der Waals surface area contributed by atoms with Crippen LogP contribution in [0.15, 0.2) is 22.4 Å². The molecule has 3 heterocycles. The normalized spacial score (nSPS) is 18.3. The lowest BCUT2D eigenvalue weighted by Crippen LogP contribution is -2.48. The molecule has 0 unspecified atom stereocenters. The molecule has 4 rings (SSSR count). The lowest BCUT2D eigenvalue weighted by molar-refractivity contribution is -0.116. The summed E-state index contributed by atoms with van der Waals surface area (Å²) in [5.41, 5.74) is 2.36. The number of nitrogens with one attached hydrogen (secondary N) is 1. The molecule has 2 aliphatic rings. The molecule has 10 heteroatoms. The van der Waals surface area contributed by atoms with Gasteiger partial charge in [0.25, 0.3) is 0 Å². The number of carbonyl (C=O) groups is 1. The zero-order chi connectivity index (χ0) is 19.2. The van der Waals surface area contributed by atoms with E-state index in [4.69, 9.17) is 11.6 Å². The van der Waals surface area contributed by atoms with E-state index in [9.17, 15) is 13.2 Å². The van der Waals surface area contributed by atoms with Gasteiger partial charge in [0.15, 0.2) is 5.13 Å². The molecule has 144 valence electrons. The maximum Gasteiger partial charge on any atom is 0.244 e. The van der Waals surface area contributed by atoms with E-state index in [-0.39, 0.29) is 15.8 Å². The van der Waals surface area contributed by atoms with Crippen molar-refractivity contribution in [1.29, 1.82) is 0 Å². The van der Waals surface area contributed by atoms with Gasteiger partial charge in [0.05, 0.1) is 10.7 Å². The first-order chi connectivity index (χ1) is 12.8. The fourth-order valence-electron chi connectivity index (χ4n) is 3.32. The minimum absolute atomic E-state index is 0.0451. The van der Waals surface area contributed by atoms with E-state index < -0.39 is 10.0 Å². The highest BCUT2D eigenvalue weighted by molar-refractivity contribution is 7.89. The number of hydrogen-bond acceptors (Lipinski definition) is 6. The molecule has 0 bridgehead atoms. The number of carbonyl (C=O) groups excluding carboxylic acids is 1. The summed E-state index contributed by atoms with van der Waals surface area (Å²) >= 11 is 7.86. The van der Waals surface area contributed by atoms with Crippen LogP contribution in [0.3, 0.4) is 0 Å². The maximum absolute atomic E-state index is 13.1. The van der Waals surface area contributed by atoms with Gasteiger partial charge in [0.1, 0.15) is 4.90 Å². The van der Waals surface area contributed by atoms with E-state index in [2.05, 4.69) is 15.2 Å². The Morgan fingerprint density at radius 1 is 1.19 bits per heavy atom. The number of aromatic nitrogens is 1. The van der Waals surface area contributed by atoms with Crippen LogP contribution in [0, 0.1) is 6.92 Å². The molecular weight excluding hydrogens is 408 g/mol. The molecule has 0 radical (unpaired) electrons. The van der Waals surface area contributed by atoms with Gasteiger partial charge in [0.2, 0.25) is 15.9 Å². The van der Waals surface area contributed by atoms with Crippen LogP contribution >= 0.6 is 22.9 Å². The van der Waals surface area contributed by atoms with E-state index in [0.29, 0.717) is 44.7 Å². The van der Waals surface area contributed by atoms with E-state index in [1.165, 1.54) is 10.4 Å². The molecule has 1 saturated heterocycles. The van der Waals surface area contributed by atoms with Crippen molar-refractivity contribution >= 4 is 49.7 Å². The van der Waals surface area contributed by atoms with E-state index in [0.717, 1.165) is 16.4 Å². The minimum atomic E-state index is -3.74. The molecule has 1 fully saturated rings. The molecule has 0 atom stereocenters. The number of rotatable bonds is 3. The molecule has 1 aromatic heterocycles. The van der Waals surface area contributed by atoms with Gasteiger partial charge in [-0.1, -0.05) is 11.6 Å². The smallest absolute Gasteiger partial charge is 0.244 e. The minimum Gasteiger partial charge on any atom is -0.345 e. The molecule has 27 heavy (non-hydrogen) atoms. The first kappa shape index (κ1) is 18.7. The largest absolute Gasteiger partial charge is 0.345 e. The number of amides is 1. The second-order valence-electron chi connectivity index (χ2n) is 6.65. The number of benzene rings is 1. The van der Waals surface area contributed by atoms with Crippen LogP contribution in [-0.2, 0) is 21.2 Å². The monoisotopic (exact) mass is 426 g/mol. The zero-order valence-electron chi connectivity index (χ0n) is 14.7. The summed E-state index contributed by atoms with van der Waals surface area (Å²) < 4.78 is 27.7. The summed E-state index contributed by atoms with van der Waals surface area (Å²) in [5, 5.41) is 5.84. The van der Waals surface area contributed by atoms with Crippen molar-refractivity contribution in [2.45, 2.75) is 24.7 Å². The molecule has 7 nitrogen and oxygen atoms in total. The van der Waals surface area contributed by atoms with Crippen molar-refractivity contribution < 1.29 is 13.2 Å². The first-order valence-electron chi connectivity index (χ1n) is 8.64. The Hall–Kier alpha value is -1.68. The van der Waals surface area contributed by atoms with Crippen LogP contribution < -0.4 is 10.2 Å². The predicted molar refractivity (Wildman–Crippen MR) is 106 cm³/mol. The first-order valence-corrected chi connectivity index (χ1v) is 11.3. The van der Waals surface area contributed by atoms with E-state index in [1.807, 2.05) is 12.3 Å². The zero-order valence-corrected chi connectivity index (χ0v) is 17.1. The molecule has 0 saturated carbocycles. The highest BCUT2D eigenvalue weighted by atomic mass is 35.5. The van der Waals surface area contributed by atoms with Gasteiger partial charge in [-0.05, 0) is 31.0 Å². The summed E-state index contributed by atoms with van der Waals surface area (Å²) in [7, 11) is -3.74. The molecule has 1 N–H and O–H groups in total. The molecule has 1 aromatic carbocycles. The molecule has 0 aliphatic carbocycles. The Bertz CT molecular complexity index is 998. The summed E-state index contributed by atoms with van der Waals surface area (Å²) in [6, 6.07) is 3.14. The van der Waals surface area contributed by atoms with Crippen molar-refractivity contribution in [3.63, 3.8) is 0 Å². The van der Waals surface area contributed by atoms with Gasteiger partial charge in [-0.25, -0.2) is 13.4 Å². The lowest BCUT2D eigenvalue weighted by Gasteiger charge is -2.34. The lowest BCUT2D eigenvalue weighted by atomic mass is 10.0. The Labute approximate surface area is 167 Å². The topological polar surface area (TPSA) is 82.6 Å². The Kier molecular flexibility index (Phi) is 4.87. The van der Waals surface area contributed by atoms with Crippen LogP contribution in [0.1, 0.15) is 17.7 Å². The molecule has 2 aliphatic heterocycles. The van der Waals surface area contributed by atoms with E-state index in [1.54, 1.807) is 17.4 Å². The average Bonchev–Trinajstić information content (AvgIpc) is 3.08. The molecular formula is C17H19ClN4O3S2. The Morgan fingerprint density at radius 3 is 2.59 bits per heavy atom. The van der Waals surface area contributed by atoms with Crippen LogP contribution in [0.4, 0.5) is 10.8 Å². The van der Waals surface area contributed by atoms with Crippen LogP contribution in [0.25, 0.3) is 0 Å². The maximum atomic E-state index is 13.1. The van der Waals surface area contributed by atoms with Crippen molar-refractivity contribution in [2.75, 3.05) is 36.4 Å². The highest BCUT2D eigenvalue weighted by Gasteiger charge is 2.32. The number of nitrogens with zero attached hydrogens (tertiary/aromatic N) is 3. The highest BCUT2D eigenvalue weighted by Crippen LogP contribution is 2.34. The number of halogens is 1. The van der Waals surface area contributed by atoms with Crippen molar-refractivity contribution in [3.8, 4) is 0 Å². The molecule has 0 spiro atoms. The Morgan fingerprint density at radius 2 is 1.93 bits per heavy atom. The van der Waals surface area contributed by atoms with Crippen molar-refractivity contribution in [2.24, 2.45) is 0 Å². The Balaban J connectivity index is 1.56. The number of thiazole rings is 1. The number of piperazine rings is 1. The van der Waals surface area contributed by atoms with Gasteiger partial charge < -0.3 is 10.2 Å². The molecule has 2 aromatic rings. The molecule has 1 amide bonds. The third kappa shape index (κ3) is 3.56. The van der Waals surface area contributed by atoms with Gasteiger partial charge in [-0.2, -0.15) is 4.31 Å². The number of sulfonamides is 1. The summed E-state index contributed by atoms with van der Waals surface area (Å²) in [6.07, 6.45) is 0.945. The summed E-state index contributed by atoms with van der Waals surface area (Å²) in [4.78, 5) is 18.2. The van der Waals surface area contributed by atoms with Crippen LogP contribution in [0.2, 0.25) is 5.02 Å². The summed E-state index contributed by atoms with van der Waals surface area (Å²) in [6.45, 7) is 3.82. The van der Waals surface area contributed by atoms with Crippen LogP contribution in [-0.4, -0.2) is 49.8 Å². The van der Waals surface area contributed by atoms with E-state index >= 15 is 0 Å². The third-order valence-electron chi connectivity index (χ3n) is 4.79. The van der Waals surface area contributed by atoms with Gasteiger partial charge >= 0.3 is 0 Å².